The number of nitrogens with two attached hydrogens (primary N) is 2. The average molecular weight is 310 g/mol. The minimum absolute atomic E-state index is 0.128. The van der Waals surface area contributed by atoms with E-state index in [1.807, 2.05) is 0 Å². The molecule has 0 heterocycles. The van der Waals surface area contributed by atoms with Crippen LogP contribution < -0.4 is 16.8 Å². The number of hydrogen-bond donors (Lipinski definition) is 6. The number of benzene rings is 1. The highest BCUT2D eigenvalue weighted by atomic mass is 16.4. The minimum atomic E-state index is -1.29. The van der Waals surface area contributed by atoms with E-state index >= 15 is 0 Å². The molecule has 1 amide bonds. The lowest BCUT2D eigenvalue weighted by Crippen LogP contribution is -2.35. The molecule has 22 heavy (non-hydrogen) atoms. The molecular formula is C13H18N4O5. The van der Waals surface area contributed by atoms with Crippen LogP contribution in [0, 0.1) is 0 Å². The van der Waals surface area contributed by atoms with Gasteiger partial charge in [-0.25, -0.2) is 4.99 Å². The fraction of sp³-hybridized carbons (Fsp3) is 0.308. The molecule has 1 atom stereocenters. The van der Waals surface area contributed by atoms with Gasteiger partial charge in [-0.15, -0.1) is 0 Å². The van der Waals surface area contributed by atoms with Gasteiger partial charge in [-0.05, 0) is 24.1 Å². The van der Waals surface area contributed by atoms with E-state index in [2.05, 4.69) is 10.3 Å². The number of nitrogens with zero attached hydrogens (tertiary/aromatic N) is 1. The van der Waals surface area contributed by atoms with Gasteiger partial charge in [0, 0.05) is 5.56 Å². The second-order valence-electron chi connectivity index (χ2n) is 4.46. The minimum Gasteiger partial charge on any atom is -0.508 e. The zero-order chi connectivity index (χ0) is 16.9. The van der Waals surface area contributed by atoms with Crippen LogP contribution in [-0.2, 0) is 16.0 Å². The summed E-state index contributed by atoms with van der Waals surface area (Å²) < 4.78 is 0. The smallest absolute Gasteiger partial charge is 0.322 e. The maximum Gasteiger partial charge on any atom is 0.322 e. The summed E-state index contributed by atoms with van der Waals surface area (Å²) in [6, 6.07) is 1.21. The molecule has 0 spiro atoms. The predicted octanol–water partition coefficient (Wildman–Crippen LogP) is -0.824. The van der Waals surface area contributed by atoms with Crippen LogP contribution in [0.15, 0.2) is 17.1 Å². The van der Waals surface area contributed by atoms with Gasteiger partial charge < -0.3 is 32.1 Å². The summed E-state index contributed by atoms with van der Waals surface area (Å²) in [5, 5.41) is 30.4. The van der Waals surface area contributed by atoms with Crippen LogP contribution in [0.25, 0.3) is 0 Å². The van der Waals surface area contributed by atoms with Crippen LogP contribution in [0.1, 0.15) is 24.1 Å². The van der Waals surface area contributed by atoms with Gasteiger partial charge in [0.05, 0.1) is 0 Å². The molecule has 0 saturated carbocycles. The summed E-state index contributed by atoms with van der Waals surface area (Å²) in [7, 11) is 0. The Morgan fingerprint density at radius 1 is 1.27 bits per heavy atom. The summed E-state index contributed by atoms with van der Waals surface area (Å²) in [4.78, 5) is 26.2. The van der Waals surface area contributed by atoms with Gasteiger partial charge in [-0.1, -0.05) is 6.92 Å². The highest BCUT2D eigenvalue weighted by molar-refractivity contribution is 5.89. The third kappa shape index (κ3) is 4.27. The third-order valence-electron chi connectivity index (χ3n) is 2.83. The van der Waals surface area contributed by atoms with Crippen LogP contribution >= 0.6 is 0 Å². The largest absolute Gasteiger partial charge is 0.508 e. The van der Waals surface area contributed by atoms with Crippen molar-refractivity contribution in [2.24, 2.45) is 16.5 Å². The number of aliphatic carboxylic acids is 1. The van der Waals surface area contributed by atoms with Crippen molar-refractivity contribution in [3.05, 3.63) is 23.3 Å². The van der Waals surface area contributed by atoms with Gasteiger partial charge >= 0.3 is 5.97 Å². The molecule has 9 heteroatoms. The zero-order valence-corrected chi connectivity index (χ0v) is 11.9. The molecule has 9 nitrogen and oxygen atoms in total. The van der Waals surface area contributed by atoms with Crippen molar-refractivity contribution >= 4 is 17.8 Å². The van der Waals surface area contributed by atoms with Crippen molar-refractivity contribution in [3.63, 3.8) is 0 Å². The Labute approximate surface area is 126 Å². The summed E-state index contributed by atoms with van der Waals surface area (Å²) in [5.74, 6) is -2.82. The summed E-state index contributed by atoms with van der Waals surface area (Å²) in [5.41, 5.74) is 11.0. The number of phenols is 2. The highest BCUT2D eigenvalue weighted by Crippen LogP contribution is 2.32. The Kier molecular flexibility index (Phi) is 5.56. The van der Waals surface area contributed by atoms with Gasteiger partial charge in [0.2, 0.25) is 5.91 Å². The van der Waals surface area contributed by atoms with Crippen molar-refractivity contribution in [1.29, 1.82) is 0 Å². The summed E-state index contributed by atoms with van der Waals surface area (Å²) in [6.07, 6.45) is 0.385. The van der Waals surface area contributed by atoms with E-state index in [0.29, 0.717) is 12.0 Å². The number of carboxylic acids is 1. The van der Waals surface area contributed by atoms with Crippen molar-refractivity contribution in [1.82, 2.24) is 5.32 Å². The first-order valence-corrected chi connectivity index (χ1v) is 6.39. The molecule has 1 aromatic carbocycles. The lowest BCUT2D eigenvalue weighted by atomic mass is 10.0. The first kappa shape index (κ1) is 17.1. The molecule has 120 valence electrons. The molecule has 0 unspecified atom stereocenters. The van der Waals surface area contributed by atoms with Gasteiger partial charge in [-0.2, -0.15) is 0 Å². The number of aromatic hydroxyl groups is 2. The third-order valence-corrected chi connectivity index (χ3v) is 2.83. The quantitative estimate of drug-likeness (QED) is 0.294. The number of carboxylic acid groups (broad SMARTS) is 1. The van der Waals surface area contributed by atoms with E-state index in [4.69, 9.17) is 16.6 Å². The maximum absolute atomic E-state index is 12.0. The van der Waals surface area contributed by atoms with E-state index < -0.39 is 30.4 Å². The van der Waals surface area contributed by atoms with Gasteiger partial charge in [-0.3, -0.25) is 9.59 Å². The van der Waals surface area contributed by atoms with Gasteiger partial charge in [0.1, 0.15) is 18.0 Å². The molecule has 0 saturated heterocycles. The van der Waals surface area contributed by atoms with Crippen molar-refractivity contribution in [2.45, 2.75) is 19.4 Å². The van der Waals surface area contributed by atoms with Crippen LogP contribution in [0.5, 0.6) is 11.5 Å². The van der Waals surface area contributed by atoms with E-state index in [9.17, 15) is 19.8 Å². The molecule has 0 radical (unpaired) electrons. The number of carbonyl (C=O) groups excluding carboxylic acids is 1. The van der Waals surface area contributed by atoms with E-state index in [1.54, 1.807) is 6.92 Å². The van der Waals surface area contributed by atoms with E-state index in [-0.39, 0.29) is 17.1 Å². The predicted molar refractivity (Wildman–Crippen MR) is 78.3 cm³/mol. The van der Waals surface area contributed by atoms with Crippen LogP contribution in [0.3, 0.4) is 0 Å². The summed E-state index contributed by atoms with van der Waals surface area (Å²) in [6.45, 7) is 1.13. The molecule has 0 fully saturated rings. The number of rotatable bonds is 6. The van der Waals surface area contributed by atoms with E-state index in [1.165, 1.54) is 12.1 Å². The second kappa shape index (κ2) is 7.16. The Balaban J connectivity index is 3.20. The van der Waals surface area contributed by atoms with Crippen molar-refractivity contribution in [2.75, 3.05) is 6.54 Å². The number of guanidine groups is 1. The molecule has 8 N–H and O–H groups in total. The Hall–Kier alpha value is -2.97. The lowest BCUT2D eigenvalue weighted by molar-refractivity contribution is -0.138. The van der Waals surface area contributed by atoms with Crippen LogP contribution in [-0.4, -0.2) is 39.7 Å². The second-order valence-corrected chi connectivity index (χ2v) is 4.46. The fourth-order valence-corrected chi connectivity index (χ4v) is 1.88. The SMILES string of the molecule is CCc1c(O)cc([C@H](N=C(N)N)C(=O)NCC(=O)O)cc1O. The zero-order valence-electron chi connectivity index (χ0n) is 11.9. The van der Waals surface area contributed by atoms with Gasteiger partial charge in [0.25, 0.3) is 0 Å². The number of phenolic OH excluding ortho intramolecular Hbond substituents is 2. The monoisotopic (exact) mass is 310 g/mol. The molecule has 1 rings (SSSR count). The van der Waals surface area contributed by atoms with Crippen LogP contribution in [0.4, 0.5) is 0 Å². The van der Waals surface area contributed by atoms with Crippen molar-refractivity contribution in [3.8, 4) is 11.5 Å². The maximum atomic E-state index is 12.0. The first-order valence-electron chi connectivity index (χ1n) is 6.39. The molecule has 0 aromatic heterocycles. The molecular weight excluding hydrogens is 292 g/mol. The normalized spacial score (nSPS) is 11.5. The number of hydrogen-bond acceptors (Lipinski definition) is 5. The summed E-state index contributed by atoms with van der Waals surface area (Å²) >= 11 is 0. The lowest BCUT2D eigenvalue weighted by Gasteiger charge is -2.15. The molecule has 0 aliphatic rings. The number of carbonyl (C=O) groups is 2. The Bertz CT molecular complexity index is 587. The van der Waals surface area contributed by atoms with Crippen LogP contribution in [0.2, 0.25) is 0 Å². The molecule has 0 aliphatic heterocycles. The fourth-order valence-electron chi connectivity index (χ4n) is 1.88. The Morgan fingerprint density at radius 2 is 1.82 bits per heavy atom. The average Bonchev–Trinajstić information content (AvgIpc) is 2.41. The molecule has 1 aromatic rings. The van der Waals surface area contributed by atoms with Gasteiger partial charge in [0.15, 0.2) is 12.0 Å². The number of amides is 1. The highest BCUT2D eigenvalue weighted by Gasteiger charge is 2.23. The standard InChI is InChI=1S/C13H18N4O5/c1-2-7-8(18)3-6(4-9(7)19)11(17-13(14)15)12(22)16-5-10(20)21/h3-4,11,18-19H,2,5H2,1H3,(H,16,22)(H,20,21)(H4,14,15,17)/t11-/m0/s1. The van der Waals surface area contributed by atoms with Crippen molar-refractivity contribution < 1.29 is 24.9 Å². The number of aliphatic imine (C=N–C) groups is 1. The molecule has 0 aliphatic carbocycles. The van der Waals surface area contributed by atoms with E-state index in [0.717, 1.165) is 0 Å². The molecule has 0 bridgehead atoms. The Morgan fingerprint density at radius 3 is 2.23 bits per heavy atom. The topological polar surface area (TPSA) is 171 Å². The first-order chi connectivity index (χ1) is 10.3. The number of nitrogens with one attached hydrogen (secondary N) is 1.